The van der Waals surface area contributed by atoms with E-state index in [1.165, 1.54) is 12.3 Å². The molecule has 0 radical (unpaired) electrons. The van der Waals surface area contributed by atoms with Crippen molar-refractivity contribution in [1.29, 1.82) is 10.5 Å². The average molecular weight is 264 g/mol. The summed E-state index contributed by atoms with van der Waals surface area (Å²) in [6.07, 6.45) is 1.24. The van der Waals surface area contributed by atoms with Gasteiger partial charge in [-0.25, -0.2) is 0 Å². The zero-order valence-corrected chi connectivity index (χ0v) is 9.12. The van der Waals surface area contributed by atoms with Crippen molar-refractivity contribution in [2.75, 3.05) is 5.32 Å². The largest absolute Gasteiger partial charge is 0.506 e. The Balaban J connectivity index is 2.92. The van der Waals surface area contributed by atoms with E-state index in [1.807, 2.05) is 0 Å². The second-order valence-electron chi connectivity index (χ2n) is 2.59. The number of benzene rings is 1. The van der Waals surface area contributed by atoms with Gasteiger partial charge in [0.1, 0.15) is 23.5 Å². The molecular formula is C10H6BrN3O. The molecule has 1 aromatic carbocycles. The summed E-state index contributed by atoms with van der Waals surface area (Å²) in [7, 11) is 0. The van der Waals surface area contributed by atoms with Crippen LogP contribution in [-0.2, 0) is 0 Å². The fraction of sp³-hybridized carbons (Fsp3) is 0. The first-order valence-corrected chi connectivity index (χ1v) is 4.72. The number of hydrogen-bond donors (Lipinski definition) is 2. The molecule has 0 fully saturated rings. The summed E-state index contributed by atoms with van der Waals surface area (Å²) < 4.78 is 0.784. The Kier molecular flexibility index (Phi) is 3.73. The monoisotopic (exact) mass is 263 g/mol. The van der Waals surface area contributed by atoms with E-state index >= 15 is 0 Å². The third kappa shape index (κ3) is 3.01. The fourth-order valence-corrected chi connectivity index (χ4v) is 1.22. The number of allylic oxidation sites excluding steroid dienone is 1. The molecule has 15 heavy (non-hydrogen) atoms. The van der Waals surface area contributed by atoms with Gasteiger partial charge in [0.05, 0.1) is 5.69 Å². The van der Waals surface area contributed by atoms with Crippen molar-refractivity contribution in [3.05, 3.63) is 34.4 Å². The molecule has 1 rings (SSSR count). The van der Waals surface area contributed by atoms with Crippen LogP contribution in [0.1, 0.15) is 0 Å². The molecule has 0 spiro atoms. The van der Waals surface area contributed by atoms with Crippen molar-refractivity contribution in [1.82, 2.24) is 0 Å². The van der Waals surface area contributed by atoms with E-state index in [0.29, 0.717) is 5.69 Å². The van der Waals surface area contributed by atoms with E-state index in [2.05, 4.69) is 21.2 Å². The maximum absolute atomic E-state index is 9.41. The Labute approximate surface area is 95.2 Å². The SMILES string of the molecule is N#CC(C#N)=CNc1cc(Br)ccc1O. The van der Waals surface area contributed by atoms with Gasteiger partial charge in [0.15, 0.2) is 0 Å². The van der Waals surface area contributed by atoms with E-state index in [4.69, 9.17) is 10.5 Å². The lowest BCUT2D eigenvalue weighted by atomic mass is 10.3. The molecular weight excluding hydrogens is 258 g/mol. The Hall–Kier alpha value is -1.98. The van der Waals surface area contributed by atoms with Crippen LogP contribution >= 0.6 is 15.9 Å². The van der Waals surface area contributed by atoms with Crippen molar-refractivity contribution in [3.63, 3.8) is 0 Å². The van der Waals surface area contributed by atoms with Crippen LogP contribution in [-0.4, -0.2) is 5.11 Å². The predicted molar refractivity (Wildman–Crippen MR) is 58.7 cm³/mol. The summed E-state index contributed by atoms with van der Waals surface area (Å²) in [4.78, 5) is 0. The van der Waals surface area contributed by atoms with Crippen LogP contribution in [0.15, 0.2) is 34.4 Å². The van der Waals surface area contributed by atoms with Crippen molar-refractivity contribution in [2.24, 2.45) is 0 Å². The number of halogens is 1. The molecule has 0 unspecified atom stereocenters. The van der Waals surface area contributed by atoms with E-state index in [-0.39, 0.29) is 11.3 Å². The molecule has 2 N–H and O–H groups in total. The Bertz CT molecular complexity index is 466. The highest BCUT2D eigenvalue weighted by molar-refractivity contribution is 9.10. The van der Waals surface area contributed by atoms with Gasteiger partial charge in [0, 0.05) is 10.7 Å². The maximum atomic E-state index is 9.41. The molecule has 74 valence electrons. The van der Waals surface area contributed by atoms with Crippen molar-refractivity contribution < 1.29 is 5.11 Å². The summed E-state index contributed by atoms with van der Waals surface area (Å²) >= 11 is 3.24. The third-order valence-corrected chi connectivity index (χ3v) is 2.06. The normalized spacial score (nSPS) is 8.47. The van der Waals surface area contributed by atoms with Crippen LogP contribution in [0.25, 0.3) is 0 Å². The highest BCUT2D eigenvalue weighted by Gasteiger charge is 2.00. The first-order valence-electron chi connectivity index (χ1n) is 3.93. The van der Waals surface area contributed by atoms with Gasteiger partial charge in [-0.1, -0.05) is 15.9 Å². The number of phenols is 1. The number of nitriles is 2. The lowest BCUT2D eigenvalue weighted by Crippen LogP contribution is -1.90. The number of rotatable bonds is 2. The van der Waals surface area contributed by atoms with Crippen molar-refractivity contribution >= 4 is 21.6 Å². The minimum absolute atomic E-state index is 0.0460. The molecule has 0 aliphatic carbocycles. The minimum Gasteiger partial charge on any atom is -0.506 e. The molecule has 0 aliphatic heterocycles. The second-order valence-corrected chi connectivity index (χ2v) is 3.50. The average Bonchev–Trinajstić information content (AvgIpc) is 2.24. The zero-order chi connectivity index (χ0) is 11.3. The van der Waals surface area contributed by atoms with E-state index in [9.17, 15) is 5.11 Å². The predicted octanol–water partition coefficient (Wildman–Crippen LogP) is 2.50. The molecule has 0 aliphatic rings. The van der Waals surface area contributed by atoms with Gasteiger partial charge in [0.2, 0.25) is 0 Å². The number of anilines is 1. The van der Waals surface area contributed by atoms with Crippen LogP contribution in [0.3, 0.4) is 0 Å². The van der Waals surface area contributed by atoms with Crippen LogP contribution < -0.4 is 5.32 Å². The van der Waals surface area contributed by atoms with Gasteiger partial charge < -0.3 is 10.4 Å². The first kappa shape index (κ1) is 11.1. The molecule has 0 heterocycles. The van der Waals surface area contributed by atoms with Gasteiger partial charge >= 0.3 is 0 Å². The lowest BCUT2D eigenvalue weighted by Gasteiger charge is -2.03. The molecule has 0 saturated heterocycles. The smallest absolute Gasteiger partial charge is 0.145 e. The van der Waals surface area contributed by atoms with Crippen LogP contribution in [0, 0.1) is 22.7 Å². The summed E-state index contributed by atoms with van der Waals surface area (Å²) in [6, 6.07) is 8.22. The maximum Gasteiger partial charge on any atom is 0.145 e. The molecule has 1 aromatic rings. The van der Waals surface area contributed by atoms with E-state index < -0.39 is 0 Å². The Morgan fingerprint density at radius 2 is 2.07 bits per heavy atom. The Morgan fingerprint density at radius 3 is 2.67 bits per heavy atom. The highest BCUT2D eigenvalue weighted by Crippen LogP contribution is 2.26. The van der Waals surface area contributed by atoms with Gasteiger partial charge in [-0.15, -0.1) is 0 Å². The van der Waals surface area contributed by atoms with Gasteiger partial charge in [0.25, 0.3) is 0 Å². The zero-order valence-electron chi connectivity index (χ0n) is 7.53. The van der Waals surface area contributed by atoms with Gasteiger partial charge in [-0.3, -0.25) is 0 Å². The van der Waals surface area contributed by atoms with Gasteiger partial charge in [-0.2, -0.15) is 10.5 Å². The standard InChI is InChI=1S/C10H6BrN3O/c11-8-1-2-10(15)9(3-8)14-6-7(4-12)5-13/h1-3,6,14-15H. The van der Waals surface area contributed by atoms with Crippen LogP contribution in [0.5, 0.6) is 5.75 Å². The fourth-order valence-electron chi connectivity index (χ4n) is 0.863. The molecule has 0 saturated carbocycles. The highest BCUT2D eigenvalue weighted by atomic mass is 79.9. The number of nitrogens with one attached hydrogen (secondary N) is 1. The number of aromatic hydroxyl groups is 1. The van der Waals surface area contributed by atoms with Crippen molar-refractivity contribution in [2.45, 2.75) is 0 Å². The van der Waals surface area contributed by atoms with E-state index in [1.54, 1.807) is 24.3 Å². The second kappa shape index (κ2) is 5.04. The molecule has 0 aromatic heterocycles. The minimum atomic E-state index is -0.0608. The molecule has 0 amide bonds. The Morgan fingerprint density at radius 1 is 1.40 bits per heavy atom. The lowest BCUT2D eigenvalue weighted by molar-refractivity contribution is 0.477. The topological polar surface area (TPSA) is 79.8 Å². The molecule has 0 atom stereocenters. The number of hydrogen-bond acceptors (Lipinski definition) is 4. The van der Waals surface area contributed by atoms with Crippen LogP contribution in [0.4, 0.5) is 5.69 Å². The summed E-state index contributed by atoms with van der Waals surface area (Å²) in [6.45, 7) is 0. The van der Waals surface area contributed by atoms with Crippen molar-refractivity contribution in [3.8, 4) is 17.9 Å². The van der Waals surface area contributed by atoms with E-state index in [0.717, 1.165) is 4.47 Å². The number of phenolic OH excluding ortho intramolecular Hbond substituents is 1. The molecule has 0 bridgehead atoms. The van der Waals surface area contributed by atoms with Crippen LogP contribution in [0.2, 0.25) is 0 Å². The number of nitrogens with zero attached hydrogens (tertiary/aromatic N) is 2. The summed E-state index contributed by atoms with van der Waals surface area (Å²) in [5.41, 5.74) is 0.363. The molecule has 5 heteroatoms. The third-order valence-electron chi connectivity index (χ3n) is 1.57. The first-order chi connectivity index (χ1) is 7.17. The van der Waals surface area contributed by atoms with Gasteiger partial charge in [-0.05, 0) is 18.2 Å². The molecule has 4 nitrogen and oxygen atoms in total. The summed E-state index contributed by atoms with van der Waals surface area (Å²) in [5.74, 6) is 0.0460. The summed E-state index contributed by atoms with van der Waals surface area (Å²) in [5, 5.41) is 29.0. The quantitative estimate of drug-likeness (QED) is 0.635.